The first-order chi connectivity index (χ1) is 9.10. The minimum absolute atomic E-state index is 0.188. The number of carbonyl (C=O) groups excluding carboxylic acids is 1. The van der Waals surface area contributed by atoms with Crippen LogP contribution in [-0.4, -0.2) is 31.0 Å². The van der Waals surface area contributed by atoms with E-state index in [-0.39, 0.29) is 5.91 Å². The number of piperidine rings is 1. The van der Waals surface area contributed by atoms with Gasteiger partial charge in [0, 0.05) is 13.1 Å². The summed E-state index contributed by atoms with van der Waals surface area (Å²) in [6.45, 7) is 4.00. The second-order valence-corrected chi connectivity index (χ2v) is 5.62. The number of benzene rings is 1. The van der Waals surface area contributed by atoms with Gasteiger partial charge in [-0.2, -0.15) is 0 Å². The number of likely N-dealkylation sites (tertiary alicyclic amines) is 1. The molecule has 1 aliphatic rings. The Labute approximate surface area is 119 Å². The Morgan fingerprint density at radius 2 is 2.11 bits per heavy atom. The summed E-state index contributed by atoms with van der Waals surface area (Å²) in [5, 5.41) is 0.556. The average molecular weight is 282 g/mol. The Morgan fingerprint density at radius 1 is 1.42 bits per heavy atom. The highest BCUT2D eigenvalue weighted by Crippen LogP contribution is 2.25. The molecule has 104 valence electrons. The Bertz CT molecular complexity index is 453. The number of amides is 1. The van der Waals surface area contributed by atoms with Gasteiger partial charge in [0.15, 0.2) is 0 Å². The molecule has 19 heavy (non-hydrogen) atoms. The molecular formula is C15H20ClNO2. The third-order valence-electron chi connectivity index (χ3n) is 3.71. The molecule has 1 aromatic rings. The van der Waals surface area contributed by atoms with E-state index < -0.39 is 0 Å². The van der Waals surface area contributed by atoms with Crippen molar-refractivity contribution in [3.63, 3.8) is 0 Å². The molecule has 0 aromatic heterocycles. The number of nitrogens with zero attached hydrogens (tertiary/aromatic N) is 1. The maximum atomic E-state index is 12.2. The number of rotatable bonds is 3. The van der Waals surface area contributed by atoms with E-state index in [4.69, 9.17) is 16.3 Å². The summed E-state index contributed by atoms with van der Waals surface area (Å²) in [5.74, 6) is 1.57. The van der Waals surface area contributed by atoms with Gasteiger partial charge in [0.2, 0.25) is 5.91 Å². The van der Waals surface area contributed by atoms with Crippen molar-refractivity contribution in [1.82, 2.24) is 4.90 Å². The number of methoxy groups -OCH3 is 1. The molecule has 0 bridgehead atoms. The van der Waals surface area contributed by atoms with Crippen molar-refractivity contribution in [3.8, 4) is 5.75 Å². The molecule has 1 fully saturated rings. The summed E-state index contributed by atoms with van der Waals surface area (Å²) in [4.78, 5) is 14.1. The van der Waals surface area contributed by atoms with Gasteiger partial charge in [0.1, 0.15) is 5.75 Å². The summed E-state index contributed by atoms with van der Waals surface area (Å²) in [5.41, 5.74) is 0.939. The highest BCUT2D eigenvalue weighted by molar-refractivity contribution is 6.32. The second-order valence-electron chi connectivity index (χ2n) is 5.21. The van der Waals surface area contributed by atoms with E-state index >= 15 is 0 Å². The molecule has 0 unspecified atom stereocenters. The third-order valence-corrected chi connectivity index (χ3v) is 4.00. The van der Waals surface area contributed by atoms with Gasteiger partial charge in [0.05, 0.1) is 18.6 Å². The molecule has 1 saturated heterocycles. The van der Waals surface area contributed by atoms with E-state index in [9.17, 15) is 4.79 Å². The Hall–Kier alpha value is -1.22. The predicted octanol–water partition coefficient (Wildman–Crippen LogP) is 3.15. The first-order valence-corrected chi connectivity index (χ1v) is 7.08. The van der Waals surface area contributed by atoms with Crippen LogP contribution in [0, 0.1) is 5.92 Å². The first kappa shape index (κ1) is 14.2. The summed E-state index contributed by atoms with van der Waals surface area (Å²) in [6, 6.07) is 5.52. The monoisotopic (exact) mass is 281 g/mol. The number of carbonyl (C=O) groups is 1. The first-order valence-electron chi connectivity index (χ1n) is 6.70. The zero-order valence-electron chi connectivity index (χ0n) is 11.5. The van der Waals surface area contributed by atoms with Gasteiger partial charge in [-0.05, 0) is 36.5 Å². The zero-order valence-corrected chi connectivity index (χ0v) is 12.2. The number of hydrogen-bond donors (Lipinski definition) is 0. The lowest BCUT2D eigenvalue weighted by Gasteiger charge is -2.30. The van der Waals surface area contributed by atoms with Crippen LogP contribution in [0.3, 0.4) is 0 Å². The van der Waals surface area contributed by atoms with Crippen LogP contribution in [0.5, 0.6) is 5.75 Å². The molecule has 0 aliphatic carbocycles. The van der Waals surface area contributed by atoms with Gasteiger partial charge >= 0.3 is 0 Å². The van der Waals surface area contributed by atoms with Crippen molar-refractivity contribution in [2.24, 2.45) is 5.92 Å². The largest absolute Gasteiger partial charge is 0.495 e. The highest BCUT2D eigenvalue weighted by atomic mass is 35.5. The molecule has 0 radical (unpaired) electrons. The standard InChI is InChI=1S/C15H20ClNO2/c1-11-5-7-17(8-6-11)15(18)10-12-3-4-14(19-2)13(16)9-12/h3-4,9,11H,5-8,10H2,1-2H3. The molecule has 1 amide bonds. The number of ether oxygens (including phenoxy) is 1. The minimum atomic E-state index is 0.188. The summed E-state index contributed by atoms with van der Waals surface area (Å²) >= 11 is 6.07. The fraction of sp³-hybridized carbons (Fsp3) is 0.533. The average Bonchev–Trinajstić information content (AvgIpc) is 2.39. The fourth-order valence-electron chi connectivity index (χ4n) is 2.36. The van der Waals surface area contributed by atoms with Gasteiger partial charge in [-0.3, -0.25) is 4.79 Å². The van der Waals surface area contributed by atoms with Crippen molar-refractivity contribution >= 4 is 17.5 Å². The van der Waals surface area contributed by atoms with Crippen LogP contribution >= 0.6 is 11.6 Å². The highest BCUT2D eigenvalue weighted by Gasteiger charge is 2.20. The van der Waals surface area contributed by atoms with E-state index in [0.29, 0.717) is 17.2 Å². The zero-order chi connectivity index (χ0) is 13.8. The molecule has 1 aliphatic heterocycles. The Kier molecular flexibility index (Phi) is 4.70. The molecule has 0 atom stereocenters. The maximum absolute atomic E-state index is 12.2. The molecule has 0 N–H and O–H groups in total. The van der Waals surface area contributed by atoms with E-state index in [2.05, 4.69) is 6.92 Å². The van der Waals surface area contributed by atoms with Crippen LogP contribution in [0.25, 0.3) is 0 Å². The van der Waals surface area contributed by atoms with Crippen molar-refractivity contribution in [2.75, 3.05) is 20.2 Å². The SMILES string of the molecule is COc1ccc(CC(=O)N2CCC(C)CC2)cc1Cl. The van der Waals surface area contributed by atoms with Crippen LogP contribution in [0.1, 0.15) is 25.3 Å². The second kappa shape index (κ2) is 6.29. The molecule has 1 aromatic carbocycles. The van der Waals surface area contributed by atoms with Crippen LogP contribution in [0.15, 0.2) is 18.2 Å². The topological polar surface area (TPSA) is 29.5 Å². The van der Waals surface area contributed by atoms with Crippen LogP contribution in [-0.2, 0) is 11.2 Å². The molecule has 3 nitrogen and oxygen atoms in total. The lowest BCUT2D eigenvalue weighted by Crippen LogP contribution is -2.38. The third kappa shape index (κ3) is 3.63. The van der Waals surface area contributed by atoms with Crippen LogP contribution in [0.4, 0.5) is 0 Å². The quantitative estimate of drug-likeness (QED) is 0.852. The van der Waals surface area contributed by atoms with Gasteiger partial charge in [-0.25, -0.2) is 0 Å². The van der Waals surface area contributed by atoms with Crippen molar-refractivity contribution in [2.45, 2.75) is 26.2 Å². The van der Waals surface area contributed by atoms with Gasteiger partial charge in [-0.1, -0.05) is 24.6 Å². The Balaban J connectivity index is 1.97. The molecule has 2 rings (SSSR count). The molecule has 4 heteroatoms. The van der Waals surface area contributed by atoms with E-state index in [1.807, 2.05) is 23.1 Å². The van der Waals surface area contributed by atoms with Gasteiger partial charge in [-0.15, -0.1) is 0 Å². The van der Waals surface area contributed by atoms with Crippen LogP contribution in [0.2, 0.25) is 5.02 Å². The van der Waals surface area contributed by atoms with E-state index in [0.717, 1.165) is 37.4 Å². The minimum Gasteiger partial charge on any atom is -0.495 e. The summed E-state index contributed by atoms with van der Waals surface area (Å²) in [7, 11) is 1.58. The summed E-state index contributed by atoms with van der Waals surface area (Å²) < 4.78 is 5.11. The fourth-order valence-corrected chi connectivity index (χ4v) is 2.64. The lowest BCUT2D eigenvalue weighted by molar-refractivity contribution is -0.131. The lowest BCUT2D eigenvalue weighted by atomic mass is 9.98. The molecule has 0 spiro atoms. The normalized spacial score (nSPS) is 16.5. The smallest absolute Gasteiger partial charge is 0.226 e. The van der Waals surface area contributed by atoms with Crippen LogP contribution < -0.4 is 4.74 Å². The van der Waals surface area contributed by atoms with Gasteiger partial charge in [0.25, 0.3) is 0 Å². The number of halogens is 1. The van der Waals surface area contributed by atoms with Gasteiger partial charge < -0.3 is 9.64 Å². The van der Waals surface area contributed by atoms with E-state index in [1.54, 1.807) is 7.11 Å². The van der Waals surface area contributed by atoms with Crippen molar-refractivity contribution in [3.05, 3.63) is 28.8 Å². The Morgan fingerprint density at radius 3 is 2.68 bits per heavy atom. The van der Waals surface area contributed by atoms with E-state index in [1.165, 1.54) is 0 Å². The summed E-state index contributed by atoms with van der Waals surface area (Å²) in [6.07, 6.45) is 2.63. The number of hydrogen-bond acceptors (Lipinski definition) is 2. The van der Waals surface area contributed by atoms with Crippen molar-refractivity contribution in [1.29, 1.82) is 0 Å². The predicted molar refractivity (Wildman–Crippen MR) is 76.7 cm³/mol. The maximum Gasteiger partial charge on any atom is 0.226 e. The molecule has 0 saturated carbocycles. The van der Waals surface area contributed by atoms with Crippen molar-refractivity contribution < 1.29 is 9.53 Å². The molecular weight excluding hydrogens is 262 g/mol. The molecule has 1 heterocycles.